The predicted octanol–water partition coefficient (Wildman–Crippen LogP) is 2.31. The summed E-state index contributed by atoms with van der Waals surface area (Å²) in [4.78, 5) is 8.81. The number of aryl methyl sites for hydroxylation is 2. The van der Waals surface area contributed by atoms with E-state index in [-0.39, 0.29) is 0 Å². The van der Waals surface area contributed by atoms with Crippen molar-refractivity contribution in [3.05, 3.63) is 30.2 Å². The van der Waals surface area contributed by atoms with Crippen molar-refractivity contribution < 1.29 is 0 Å². The van der Waals surface area contributed by atoms with Crippen LogP contribution in [0, 0.1) is 6.92 Å². The number of hydrogen-bond acceptors (Lipinski definition) is 5. The van der Waals surface area contributed by atoms with Crippen molar-refractivity contribution in [1.29, 1.82) is 0 Å². The van der Waals surface area contributed by atoms with Crippen molar-refractivity contribution in [2.75, 3.05) is 23.7 Å². The molecule has 0 aromatic carbocycles. The van der Waals surface area contributed by atoms with Crippen LogP contribution in [-0.2, 0) is 6.54 Å². The van der Waals surface area contributed by atoms with Crippen molar-refractivity contribution in [3.63, 3.8) is 0 Å². The van der Waals surface area contributed by atoms with Gasteiger partial charge in [-0.3, -0.25) is 4.68 Å². The van der Waals surface area contributed by atoms with Crippen molar-refractivity contribution in [2.45, 2.75) is 33.2 Å². The highest BCUT2D eigenvalue weighted by Gasteiger charge is 2.01. The van der Waals surface area contributed by atoms with E-state index in [9.17, 15) is 0 Å². The van der Waals surface area contributed by atoms with Gasteiger partial charge in [0.1, 0.15) is 5.82 Å². The van der Waals surface area contributed by atoms with Crippen LogP contribution in [0.3, 0.4) is 0 Å². The fourth-order valence-electron chi connectivity index (χ4n) is 1.87. The van der Waals surface area contributed by atoms with Gasteiger partial charge in [0.15, 0.2) is 0 Å². The van der Waals surface area contributed by atoms with E-state index in [0.29, 0.717) is 5.95 Å². The Morgan fingerprint density at radius 2 is 2.10 bits per heavy atom. The van der Waals surface area contributed by atoms with Gasteiger partial charge in [0.25, 0.3) is 0 Å². The van der Waals surface area contributed by atoms with Gasteiger partial charge in [-0.15, -0.1) is 0 Å². The van der Waals surface area contributed by atoms with Gasteiger partial charge in [-0.1, -0.05) is 6.92 Å². The molecule has 0 saturated heterocycles. The first-order valence-electron chi connectivity index (χ1n) is 7.09. The first kappa shape index (κ1) is 14.3. The van der Waals surface area contributed by atoms with Crippen LogP contribution in [0.1, 0.15) is 25.5 Å². The second kappa shape index (κ2) is 7.47. The maximum atomic E-state index is 4.45. The topological polar surface area (TPSA) is 67.7 Å². The van der Waals surface area contributed by atoms with Crippen LogP contribution in [0.5, 0.6) is 0 Å². The third-order valence-corrected chi connectivity index (χ3v) is 2.82. The average molecular weight is 274 g/mol. The van der Waals surface area contributed by atoms with E-state index in [0.717, 1.165) is 44.0 Å². The second-order valence-electron chi connectivity index (χ2n) is 4.69. The zero-order valence-corrected chi connectivity index (χ0v) is 12.1. The van der Waals surface area contributed by atoms with Gasteiger partial charge in [0.05, 0.1) is 0 Å². The molecule has 6 nitrogen and oxygen atoms in total. The van der Waals surface area contributed by atoms with Gasteiger partial charge in [-0.2, -0.15) is 10.1 Å². The SMILES string of the molecule is CCCNc1nc(C)cc(NCCCn2cccn2)n1. The molecule has 0 spiro atoms. The summed E-state index contributed by atoms with van der Waals surface area (Å²) in [6, 6.07) is 3.90. The molecule has 20 heavy (non-hydrogen) atoms. The number of aromatic nitrogens is 4. The summed E-state index contributed by atoms with van der Waals surface area (Å²) in [5.74, 6) is 1.57. The molecule has 6 heteroatoms. The highest BCUT2D eigenvalue weighted by molar-refractivity contribution is 5.41. The average Bonchev–Trinajstić information content (AvgIpc) is 2.94. The maximum Gasteiger partial charge on any atom is 0.224 e. The van der Waals surface area contributed by atoms with Gasteiger partial charge in [-0.05, 0) is 25.8 Å². The molecule has 2 aromatic heterocycles. The Morgan fingerprint density at radius 3 is 2.85 bits per heavy atom. The van der Waals surface area contributed by atoms with E-state index in [1.54, 1.807) is 6.20 Å². The number of hydrogen-bond donors (Lipinski definition) is 2. The molecule has 0 fully saturated rings. The minimum absolute atomic E-state index is 0.696. The summed E-state index contributed by atoms with van der Waals surface area (Å²) < 4.78 is 1.93. The number of nitrogens with zero attached hydrogens (tertiary/aromatic N) is 4. The summed E-state index contributed by atoms with van der Waals surface area (Å²) in [5.41, 5.74) is 0.966. The van der Waals surface area contributed by atoms with Gasteiger partial charge in [-0.25, -0.2) is 4.98 Å². The Kier molecular flexibility index (Phi) is 5.34. The Morgan fingerprint density at radius 1 is 1.20 bits per heavy atom. The zero-order valence-electron chi connectivity index (χ0n) is 12.1. The molecule has 0 aliphatic heterocycles. The lowest BCUT2D eigenvalue weighted by Crippen LogP contribution is -2.11. The highest BCUT2D eigenvalue weighted by Crippen LogP contribution is 2.09. The van der Waals surface area contributed by atoms with E-state index < -0.39 is 0 Å². The minimum Gasteiger partial charge on any atom is -0.370 e. The number of nitrogens with one attached hydrogen (secondary N) is 2. The van der Waals surface area contributed by atoms with Crippen molar-refractivity contribution >= 4 is 11.8 Å². The summed E-state index contributed by atoms with van der Waals surface area (Å²) in [6.45, 7) is 6.77. The van der Waals surface area contributed by atoms with Crippen LogP contribution in [-0.4, -0.2) is 32.8 Å². The molecule has 2 N–H and O–H groups in total. The molecule has 0 amide bonds. The van der Waals surface area contributed by atoms with Crippen LogP contribution in [0.25, 0.3) is 0 Å². The first-order valence-corrected chi connectivity index (χ1v) is 7.09. The van der Waals surface area contributed by atoms with Crippen LogP contribution in [0.2, 0.25) is 0 Å². The number of anilines is 2. The minimum atomic E-state index is 0.696. The molecular weight excluding hydrogens is 252 g/mol. The summed E-state index contributed by atoms with van der Waals surface area (Å²) in [5, 5.41) is 10.7. The Bertz CT molecular complexity index is 508. The quantitative estimate of drug-likeness (QED) is 0.723. The van der Waals surface area contributed by atoms with Crippen molar-refractivity contribution in [3.8, 4) is 0 Å². The zero-order chi connectivity index (χ0) is 14.2. The summed E-state index contributed by atoms with van der Waals surface area (Å²) >= 11 is 0. The lowest BCUT2D eigenvalue weighted by molar-refractivity contribution is 0.591. The molecular formula is C14H22N6. The second-order valence-corrected chi connectivity index (χ2v) is 4.69. The third-order valence-electron chi connectivity index (χ3n) is 2.82. The van der Waals surface area contributed by atoms with E-state index in [1.807, 2.05) is 29.9 Å². The van der Waals surface area contributed by atoms with Crippen LogP contribution in [0.15, 0.2) is 24.5 Å². The number of rotatable bonds is 8. The Labute approximate surface area is 119 Å². The van der Waals surface area contributed by atoms with Gasteiger partial charge in [0, 0.05) is 43.8 Å². The predicted molar refractivity (Wildman–Crippen MR) is 80.9 cm³/mol. The van der Waals surface area contributed by atoms with E-state index in [2.05, 4.69) is 32.6 Å². The molecule has 2 heterocycles. The van der Waals surface area contributed by atoms with Crippen molar-refractivity contribution in [2.24, 2.45) is 0 Å². The van der Waals surface area contributed by atoms with Crippen LogP contribution in [0.4, 0.5) is 11.8 Å². The molecule has 2 rings (SSSR count). The summed E-state index contributed by atoms with van der Waals surface area (Å²) in [7, 11) is 0. The normalized spacial score (nSPS) is 10.5. The monoisotopic (exact) mass is 274 g/mol. The van der Waals surface area contributed by atoms with Gasteiger partial charge in [0.2, 0.25) is 5.95 Å². The highest BCUT2D eigenvalue weighted by atomic mass is 15.3. The van der Waals surface area contributed by atoms with E-state index in [1.165, 1.54) is 0 Å². The van der Waals surface area contributed by atoms with Crippen LogP contribution >= 0.6 is 0 Å². The molecule has 2 aromatic rings. The maximum absolute atomic E-state index is 4.45. The molecule has 0 bridgehead atoms. The molecule has 0 aliphatic carbocycles. The molecule has 0 unspecified atom stereocenters. The first-order chi connectivity index (χ1) is 9.78. The Hall–Kier alpha value is -2.11. The largest absolute Gasteiger partial charge is 0.370 e. The standard InChI is InChI=1S/C14H22N6/c1-3-6-16-14-18-12(2)11-13(19-14)15-7-4-9-20-10-5-8-17-20/h5,8,10-11H,3-4,6-7,9H2,1-2H3,(H2,15,16,18,19). The fraction of sp³-hybridized carbons (Fsp3) is 0.500. The Balaban J connectivity index is 1.80. The lowest BCUT2D eigenvalue weighted by Gasteiger charge is -2.09. The molecule has 0 saturated carbocycles. The summed E-state index contributed by atoms with van der Waals surface area (Å²) in [6.07, 6.45) is 5.83. The van der Waals surface area contributed by atoms with Crippen LogP contribution < -0.4 is 10.6 Å². The van der Waals surface area contributed by atoms with Gasteiger partial charge < -0.3 is 10.6 Å². The van der Waals surface area contributed by atoms with E-state index >= 15 is 0 Å². The van der Waals surface area contributed by atoms with Gasteiger partial charge >= 0.3 is 0 Å². The molecule has 108 valence electrons. The molecule has 0 atom stereocenters. The lowest BCUT2D eigenvalue weighted by atomic mass is 10.4. The smallest absolute Gasteiger partial charge is 0.224 e. The molecule has 0 aliphatic rings. The van der Waals surface area contributed by atoms with E-state index in [4.69, 9.17) is 0 Å². The fourth-order valence-corrected chi connectivity index (χ4v) is 1.87. The molecule has 0 radical (unpaired) electrons. The third kappa shape index (κ3) is 4.53. The van der Waals surface area contributed by atoms with Crippen molar-refractivity contribution in [1.82, 2.24) is 19.7 Å².